The van der Waals surface area contributed by atoms with Crippen LogP contribution >= 0.6 is 11.8 Å². The zero-order valence-corrected chi connectivity index (χ0v) is 16.8. The number of nitrogens with zero attached hydrogens (tertiary/aromatic N) is 1. The van der Waals surface area contributed by atoms with E-state index in [0.717, 1.165) is 22.6 Å². The van der Waals surface area contributed by atoms with Gasteiger partial charge in [0.05, 0.1) is 11.1 Å². The normalized spacial score (nSPS) is 11.6. The molecule has 3 rings (SSSR count). The van der Waals surface area contributed by atoms with E-state index < -0.39 is 10.0 Å². The first kappa shape index (κ1) is 20.0. The summed E-state index contributed by atoms with van der Waals surface area (Å²) in [5.74, 6) is 6.04. The van der Waals surface area contributed by atoms with Crippen molar-refractivity contribution in [2.75, 3.05) is 10.5 Å². The number of sulfonamides is 1. The lowest BCUT2D eigenvalue weighted by Crippen LogP contribution is -2.12. The van der Waals surface area contributed by atoms with E-state index in [-0.39, 0.29) is 4.90 Å². The van der Waals surface area contributed by atoms with Gasteiger partial charge in [-0.25, -0.2) is 8.42 Å². The van der Waals surface area contributed by atoms with Gasteiger partial charge in [0.1, 0.15) is 0 Å². The van der Waals surface area contributed by atoms with Crippen LogP contribution in [0.4, 0.5) is 5.69 Å². The predicted octanol–water partition coefficient (Wildman–Crippen LogP) is 4.11. The van der Waals surface area contributed by atoms with Crippen LogP contribution in [0.1, 0.15) is 11.1 Å². The third-order valence-electron chi connectivity index (χ3n) is 4.00. The summed E-state index contributed by atoms with van der Waals surface area (Å²) in [6.45, 7) is 0. The van der Waals surface area contributed by atoms with E-state index in [1.165, 1.54) is 5.56 Å². The minimum absolute atomic E-state index is 0.246. The van der Waals surface area contributed by atoms with Crippen molar-refractivity contribution < 1.29 is 8.42 Å². The summed E-state index contributed by atoms with van der Waals surface area (Å²) in [5.41, 5.74) is 2.75. The Kier molecular flexibility index (Phi) is 6.73. The second-order valence-electron chi connectivity index (χ2n) is 6.06. The van der Waals surface area contributed by atoms with Crippen LogP contribution in [0, 0.1) is 0 Å². The summed E-state index contributed by atoms with van der Waals surface area (Å²) in [6, 6.07) is 23.9. The number of aryl methyl sites for hydroxylation is 1. The van der Waals surface area contributed by atoms with Crippen molar-refractivity contribution in [3.63, 3.8) is 0 Å². The van der Waals surface area contributed by atoms with E-state index in [1.807, 2.05) is 30.3 Å². The monoisotopic (exact) mass is 411 g/mol. The molecule has 0 atom stereocenters. The molecule has 0 aromatic heterocycles. The lowest BCUT2D eigenvalue weighted by atomic mass is 10.1. The lowest BCUT2D eigenvalue weighted by Gasteiger charge is -2.09. The van der Waals surface area contributed by atoms with Crippen LogP contribution in [-0.4, -0.2) is 20.4 Å². The van der Waals surface area contributed by atoms with E-state index in [2.05, 4.69) is 22.0 Å². The van der Waals surface area contributed by atoms with Crippen LogP contribution < -0.4 is 10.6 Å². The van der Waals surface area contributed by atoms with Crippen LogP contribution in [0.25, 0.3) is 0 Å². The number of hydrogen-bond donors (Lipinski definition) is 2. The van der Waals surface area contributed by atoms with E-state index in [1.54, 1.807) is 54.4 Å². The van der Waals surface area contributed by atoms with Crippen LogP contribution in [0.15, 0.2) is 93.8 Å². The second kappa shape index (κ2) is 9.43. The number of hydrogen-bond acceptors (Lipinski definition) is 5. The van der Waals surface area contributed by atoms with E-state index in [9.17, 15) is 8.42 Å². The van der Waals surface area contributed by atoms with Gasteiger partial charge in [-0.1, -0.05) is 48.5 Å². The number of anilines is 1. The average Bonchev–Trinajstić information content (AvgIpc) is 2.70. The third kappa shape index (κ3) is 5.61. The van der Waals surface area contributed by atoms with Crippen molar-refractivity contribution in [3.05, 3.63) is 90.0 Å². The van der Waals surface area contributed by atoms with Crippen molar-refractivity contribution in [1.82, 2.24) is 0 Å². The van der Waals surface area contributed by atoms with Gasteiger partial charge < -0.3 is 5.84 Å². The largest absolute Gasteiger partial charge is 0.323 e. The Morgan fingerprint density at radius 2 is 1.71 bits per heavy atom. The molecule has 0 aliphatic rings. The molecule has 0 unspecified atom stereocenters. The highest BCUT2D eigenvalue weighted by molar-refractivity contribution is 7.99. The molecule has 3 aromatic carbocycles. The van der Waals surface area contributed by atoms with E-state index in [0.29, 0.717) is 5.69 Å². The molecular weight excluding hydrogens is 390 g/mol. The number of nitrogens with two attached hydrogens (primary N) is 1. The molecule has 5 nitrogen and oxygen atoms in total. The number of hydrazone groups is 1. The first-order chi connectivity index (χ1) is 13.6. The summed E-state index contributed by atoms with van der Waals surface area (Å²) in [7, 11) is -3.58. The Bertz CT molecular complexity index is 1030. The molecule has 3 N–H and O–H groups in total. The number of benzene rings is 3. The molecule has 7 heteroatoms. The van der Waals surface area contributed by atoms with Crippen LogP contribution in [0.3, 0.4) is 0 Å². The highest BCUT2D eigenvalue weighted by Crippen LogP contribution is 2.24. The van der Waals surface area contributed by atoms with E-state index >= 15 is 0 Å². The highest BCUT2D eigenvalue weighted by Gasteiger charge is 2.13. The minimum atomic E-state index is -3.58. The molecule has 0 saturated heterocycles. The van der Waals surface area contributed by atoms with Gasteiger partial charge in [-0.15, -0.1) is 11.8 Å². The minimum Gasteiger partial charge on any atom is -0.323 e. The molecule has 0 heterocycles. The first-order valence-corrected chi connectivity index (χ1v) is 11.2. The van der Waals surface area contributed by atoms with Crippen LogP contribution in [-0.2, 0) is 16.4 Å². The molecule has 0 aliphatic carbocycles. The standard InChI is InChI=1S/C21H21N3O2S2/c22-23-16-18-11-9-17(10-12-18)13-14-27-20-6-4-5-19(15-20)24-28(25,26)21-7-2-1-3-8-21/h1-12,15-16,24H,13-14,22H2/b23-16-. The van der Waals surface area contributed by atoms with Gasteiger partial charge >= 0.3 is 0 Å². The van der Waals surface area contributed by atoms with Crippen LogP contribution in [0.5, 0.6) is 0 Å². The molecule has 0 aliphatic heterocycles. The molecule has 0 amide bonds. The Labute approximate surface area is 169 Å². The van der Waals surface area contributed by atoms with Crippen molar-refractivity contribution >= 4 is 33.7 Å². The predicted molar refractivity (Wildman–Crippen MR) is 116 cm³/mol. The van der Waals surface area contributed by atoms with Gasteiger partial charge in [-0.3, -0.25) is 4.72 Å². The van der Waals surface area contributed by atoms with Gasteiger partial charge in [-0.2, -0.15) is 5.10 Å². The fourth-order valence-corrected chi connectivity index (χ4v) is 4.64. The highest BCUT2D eigenvalue weighted by atomic mass is 32.2. The van der Waals surface area contributed by atoms with Crippen LogP contribution in [0.2, 0.25) is 0 Å². The van der Waals surface area contributed by atoms with Gasteiger partial charge in [0.2, 0.25) is 0 Å². The smallest absolute Gasteiger partial charge is 0.261 e. The van der Waals surface area contributed by atoms with Crippen molar-refractivity contribution in [2.24, 2.45) is 10.9 Å². The van der Waals surface area contributed by atoms with Gasteiger partial charge in [-0.05, 0) is 47.9 Å². The summed E-state index contributed by atoms with van der Waals surface area (Å²) >= 11 is 1.68. The zero-order valence-electron chi connectivity index (χ0n) is 15.2. The molecule has 3 aromatic rings. The Hall–Kier alpha value is -2.77. The summed E-state index contributed by atoms with van der Waals surface area (Å²) in [4.78, 5) is 1.26. The summed E-state index contributed by atoms with van der Waals surface area (Å²) in [6.07, 6.45) is 2.52. The van der Waals surface area contributed by atoms with Gasteiger partial charge in [0.15, 0.2) is 0 Å². The third-order valence-corrected chi connectivity index (χ3v) is 6.40. The maximum atomic E-state index is 12.5. The number of rotatable bonds is 8. The molecule has 0 saturated carbocycles. The lowest BCUT2D eigenvalue weighted by molar-refractivity contribution is 0.601. The molecule has 0 fully saturated rings. The summed E-state index contributed by atoms with van der Waals surface area (Å²) in [5, 5.41) is 3.51. The molecular formula is C21H21N3O2S2. The van der Waals surface area contributed by atoms with Crippen molar-refractivity contribution in [2.45, 2.75) is 16.2 Å². The SMILES string of the molecule is N/N=C\c1ccc(CCSc2cccc(NS(=O)(=O)c3ccccc3)c2)cc1. The molecule has 144 valence electrons. The Balaban J connectivity index is 1.59. The van der Waals surface area contributed by atoms with Gasteiger partial charge in [0, 0.05) is 16.3 Å². The fourth-order valence-electron chi connectivity index (χ4n) is 2.61. The maximum Gasteiger partial charge on any atom is 0.261 e. The van der Waals surface area contributed by atoms with E-state index in [4.69, 9.17) is 5.84 Å². The fraction of sp³-hybridized carbons (Fsp3) is 0.0952. The van der Waals surface area contributed by atoms with Crippen molar-refractivity contribution in [3.8, 4) is 0 Å². The average molecular weight is 412 g/mol. The second-order valence-corrected chi connectivity index (χ2v) is 8.92. The zero-order chi connectivity index (χ0) is 19.8. The topological polar surface area (TPSA) is 84.5 Å². The first-order valence-electron chi connectivity index (χ1n) is 8.70. The van der Waals surface area contributed by atoms with Gasteiger partial charge in [0.25, 0.3) is 10.0 Å². The Morgan fingerprint density at radius 3 is 2.43 bits per heavy atom. The number of nitrogens with one attached hydrogen (secondary N) is 1. The number of thioether (sulfide) groups is 1. The van der Waals surface area contributed by atoms with Crippen molar-refractivity contribution in [1.29, 1.82) is 0 Å². The molecule has 0 spiro atoms. The molecule has 28 heavy (non-hydrogen) atoms. The molecule has 0 radical (unpaired) electrons. The molecule has 0 bridgehead atoms. The summed E-state index contributed by atoms with van der Waals surface area (Å²) < 4.78 is 27.5. The quantitative estimate of drug-likeness (QED) is 0.253. The maximum absolute atomic E-state index is 12.5. The Morgan fingerprint density at radius 1 is 0.964 bits per heavy atom.